The number of hydrogen-bond acceptors (Lipinski definition) is 3. The lowest BCUT2D eigenvalue weighted by atomic mass is 9.77. The van der Waals surface area contributed by atoms with Crippen molar-refractivity contribution in [3.05, 3.63) is 45.1 Å². The van der Waals surface area contributed by atoms with Gasteiger partial charge in [0.15, 0.2) is 5.78 Å². The quantitative estimate of drug-likeness (QED) is 0.812. The number of halogens is 2. The zero-order valence-corrected chi connectivity index (χ0v) is 14.6. The number of Topliss-reactive ketones (excluding diaryl/α,β-unsaturated/α-hetero) is 1. The van der Waals surface area contributed by atoms with E-state index in [1.54, 1.807) is 22.2 Å². The molecule has 1 atom stereocenters. The summed E-state index contributed by atoms with van der Waals surface area (Å²) in [5, 5.41) is 4.24. The molecule has 2 aliphatic rings. The number of rotatable bonds is 2. The average Bonchev–Trinajstić information content (AvgIpc) is 2.49. The molecule has 1 aromatic rings. The van der Waals surface area contributed by atoms with E-state index < -0.39 is 0 Å². The van der Waals surface area contributed by atoms with E-state index in [2.05, 4.69) is 0 Å². The summed E-state index contributed by atoms with van der Waals surface area (Å²) >= 11 is 12.5. The predicted molar refractivity (Wildman–Crippen MR) is 90.2 cm³/mol. The van der Waals surface area contributed by atoms with Crippen molar-refractivity contribution in [1.29, 1.82) is 0 Å². The minimum absolute atomic E-state index is 0.0236. The molecule has 0 radical (unpaired) electrons. The molecular formula is C17H18Cl2N2O2. The van der Waals surface area contributed by atoms with E-state index in [4.69, 9.17) is 23.2 Å². The molecule has 0 bridgehead atoms. The molecule has 0 saturated carbocycles. The van der Waals surface area contributed by atoms with E-state index in [9.17, 15) is 9.59 Å². The molecule has 1 aromatic carbocycles. The van der Waals surface area contributed by atoms with Gasteiger partial charge in [0, 0.05) is 44.1 Å². The number of hydrogen-bond donors (Lipinski definition) is 0. The Morgan fingerprint density at radius 2 is 1.91 bits per heavy atom. The fourth-order valence-corrected chi connectivity index (χ4v) is 3.93. The summed E-state index contributed by atoms with van der Waals surface area (Å²) in [4.78, 5) is 25.2. The average molecular weight is 353 g/mol. The molecule has 1 heterocycles. The number of hydrazine groups is 1. The SMILES string of the molecule is CN(C)N1C(=O)CC(c2cccc(Cl)c2Cl)C2=C1CCCC2=O. The van der Waals surface area contributed by atoms with Crippen LogP contribution in [-0.2, 0) is 9.59 Å². The Morgan fingerprint density at radius 3 is 2.61 bits per heavy atom. The van der Waals surface area contributed by atoms with Crippen LogP contribution in [0.1, 0.15) is 37.2 Å². The van der Waals surface area contributed by atoms with E-state index in [1.807, 2.05) is 20.2 Å². The molecule has 1 aliphatic heterocycles. The first-order valence-electron chi connectivity index (χ1n) is 7.62. The second kappa shape index (κ2) is 6.27. The highest BCUT2D eigenvalue weighted by Crippen LogP contribution is 2.44. The maximum Gasteiger partial charge on any atom is 0.242 e. The standard InChI is InChI=1S/C17H18Cl2N2O2/c1-20(2)21-13-7-4-8-14(22)16(13)11(9-15(21)23)10-5-3-6-12(18)17(10)19/h3,5-6,11H,4,7-9H2,1-2H3. The summed E-state index contributed by atoms with van der Waals surface area (Å²) in [7, 11) is 3.63. The van der Waals surface area contributed by atoms with Gasteiger partial charge in [-0.1, -0.05) is 35.3 Å². The Bertz CT molecular complexity index is 713. The first kappa shape index (κ1) is 16.5. The monoisotopic (exact) mass is 352 g/mol. The molecular weight excluding hydrogens is 335 g/mol. The van der Waals surface area contributed by atoms with Crippen molar-refractivity contribution < 1.29 is 9.59 Å². The smallest absolute Gasteiger partial charge is 0.242 e. The molecule has 0 N–H and O–H groups in total. The zero-order chi connectivity index (χ0) is 16.7. The van der Waals surface area contributed by atoms with E-state index in [-0.39, 0.29) is 24.0 Å². The van der Waals surface area contributed by atoms with Crippen molar-refractivity contribution in [2.24, 2.45) is 0 Å². The Balaban J connectivity index is 2.18. The molecule has 1 amide bonds. The zero-order valence-electron chi connectivity index (χ0n) is 13.1. The molecule has 0 saturated heterocycles. The fourth-order valence-electron chi connectivity index (χ4n) is 3.50. The van der Waals surface area contributed by atoms with Crippen LogP contribution in [0, 0.1) is 0 Å². The van der Waals surface area contributed by atoms with Crippen LogP contribution in [0.25, 0.3) is 0 Å². The van der Waals surface area contributed by atoms with E-state index in [1.165, 1.54) is 0 Å². The largest absolute Gasteiger partial charge is 0.294 e. The van der Waals surface area contributed by atoms with Crippen LogP contribution in [0.4, 0.5) is 0 Å². The maximum atomic E-state index is 12.6. The van der Waals surface area contributed by atoms with Gasteiger partial charge < -0.3 is 0 Å². The Morgan fingerprint density at radius 1 is 1.17 bits per heavy atom. The van der Waals surface area contributed by atoms with Gasteiger partial charge in [0.1, 0.15) is 0 Å². The van der Waals surface area contributed by atoms with Crippen molar-refractivity contribution in [2.75, 3.05) is 14.1 Å². The number of ketones is 1. The number of nitrogens with zero attached hydrogens (tertiary/aromatic N) is 2. The highest BCUT2D eigenvalue weighted by molar-refractivity contribution is 6.42. The Labute approximate surface area is 145 Å². The number of carbonyl (C=O) groups excluding carboxylic acids is 2. The molecule has 1 aliphatic carbocycles. The first-order valence-corrected chi connectivity index (χ1v) is 8.37. The summed E-state index contributed by atoms with van der Waals surface area (Å²) in [6.45, 7) is 0. The topological polar surface area (TPSA) is 40.6 Å². The van der Waals surface area contributed by atoms with Gasteiger partial charge in [0.2, 0.25) is 5.91 Å². The lowest BCUT2D eigenvalue weighted by molar-refractivity contribution is -0.143. The van der Waals surface area contributed by atoms with Gasteiger partial charge in [-0.2, -0.15) is 0 Å². The second-order valence-electron chi connectivity index (χ2n) is 6.09. The third kappa shape index (κ3) is 2.80. The highest BCUT2D eigenvalue weighted by Gasteiger charge is 2.40. The highest BCUT2D eigenvalue weighted by atomic mass is 35.5. The second-order valence-corrected chi connectivity index (χ2v) is 6.87. The molecule has 23 heavy (non-hydrogen) atoms. The lowest BCUT2D eigenvalue weighted by Gasteiger charge is -2.41. The van der Waals surface area contributed by atoms with Gasteiger partial charge in [-0.05, 0) is 24.5 Å². The molecule has 0 spiro atoms. The van der Waals surface area contributed by atoms with Gasteiger partial charge >= 0.3 is 0 Å². The summed E-state index contributed by atoms with van der Waals surface area (Å²) in [5.41, 5.74) is 2.28. The molecule has 1 unspecified atom stereocenters. The van der Waals surface area contributed by atoms with Crippen LogP contribution < -0.4 is 0 Å². The summed E-state index contributed by atoms with van der Waals surface area (Å²) in [6.07, 6.45) is 2.23. The summed E-state index contributed by atoms with van der Waals surface area (Å²) in [5.74, 6) is -0.233. The number of allylic oxidation sites excluding steroid dienone is 2. The molecule has 3 rings (SSSR count). The minimum atomic E-state index is -0.312. The molecule has 122 valence electrons. The van der Waals surface area contributed by atoms with Gasteiger partial charge in [0.05, 0.1) is 10.0 Å². The van der Waals surface area contributed by atoms with Crippen LogP contribution in [0.3, 0.4) is 0 Å². The van der Waals surface area contributed by atoms with Crippen LogP contribution in [0.2, 0.25) is 10.0 Å². The van der Waals surface area contributed by atoms with Gasteiger partial charge in [-0.15, -0.1) is 0 Å². The van der Waals surface area contributed by atoms with Crippen molar-refractivity contribution >= 4 is 34.9 Å². The third-order valence-electron chi connectivity index (χ3n) is 4.40. The molecule has 4 nitrogen and oxygen atoms in total. The number of amides is 1. The van der Waals surface area contributed by atoms with Crippen LogP contribution >= 0.6 is 23.2 Å². The summed E-state index contributed by atoms with van der Waals surface area (Å²) in [6, 6.07) is 5.37. The van der Waals surface area contributed by atoms with Crippen LogP contribution in [-0.4, -0.2) is 35.8 Å². The molecule has 0 aromatic heterocycles. The van der Waals surface area contributed by atoms with Crippen molar-refractivity contribution in [3.8, 4) is 0 Å². The van der Waals surface area contributed by atoms with E-state index in [0.717, 1.165) is 24.1 Å². The Kier molecular flexibility index (Phi) is 4.50. The predicted octanol–water partition coefficient (Wildman–Crippen LogP) is 3.79. The molecule has 0 fully saturated rings. The van der Waals surface area contributed by atoms with Gasteiger partial charge in [-0.25, -0.2) is 10.0 Å². The number of carbonyl (C=O) groups is 2. The number of benzene rings is 1. The first-order chi connectivity index (χ1) is 10.9. The lowest BCUT2D eigenvalue weighted by Crippen LogP contribution is -2.47. The van der Waals surface area contributed by atoms with E-state index in [0.29, 0.717) is 22.0 Å². The fraction of sp³-hybridized carbons (Fsp3) is 0.412. The summed E-state index contributed by atoms with van der Waals surface area (Å²) < 4.78 is 0. The Hall–Kier alpha value is -1.36. The van der Waals surface area contributed by atoms with Crippen molar-refractivity contribution in [1.82, 2.24) is 10.0 Å². The van der Waals surface area contributed by atoms with Crippen molar-refractivity contribution in [3.63, 3.8) is 0 Å². The van der Waals surface area contributed by atoms with Gasteiger partial charge in [-0.3, -0.25) is 9.59 Å². The normalized spacial score (nSPS) is 22.0. The maximum absolute atomic E-state index is 12.6. The van der Waals surface area contributed by atoms with Crippen LogP contribution in [0.5, 0.6) is 0 Å². The third-order valence-corrected chi connectivity index (χ3v) is 5.24. The molecule has 6 heteroatoms. The van der Waals surface area contributed by atoms with E-state index >= 15 is 0 Å². The van der Waals surface area contributed by atoms with Crippen molar-refractivity contribution in [2.45, 2.75) is 31.6 Å². The minimum Gasteiger partial charge on any atom is -0.294 e. The van der Waals surface area contributed by atoms with Gasteiger partial charge in [0.25, 0.3) is 0 Å². The van der Waals surface area contributed by atoms with Crippen LogP contribution in [0.15, 0.2) is 29.5 Å².